The highest BCUT2D eigenvalue weighted by Gasteiger charge is 3.11. The van der Waals surface area contributed by atoms with E-state index in [1.54, 1.807) is 9.79 Å². The second-order valence-electron chi connectivity index (χ2n) is 7.99. The third-order valence-electron chi connectivity index (χ3n) is 7.21. The Morgan fingerprint density at radius 1 is 0.714 bits per heavy atom. The molecule has 6 rings (SSSR count). The molecule has 9 atom stereocenters. The highest BCUT2D eigenvalue weighted by Crippen LogP contribution is 2.74. The lowest BCUT2D eigenvalue weighted by Crippen LogP contribution is -3.06. The quantitative estimate of drug-likeness (QED) is 0.271. The van der Waals surface area contributed by atoms with E-state index in [2.05, 4.69) is 13.5 Å². The van der Waals surface area contributed by atoms with Crippen molar-refractivity contribution in [2.24, 2.45) is 0 Å². The molecule has 0 aromatic carbocycles. The normalized spacial score (nSPS) is 65.0. The van der Waals surface area contributed by atoms with Crippen LogP contribution in [-0.4, -0.2) is 114 Å². The monoisotopic (exact) mass is 448 g/mol. The zero-order valence-electron chi connectivity index (χ0n) is 16.8. The van der Waals surface area contributed by atoms with Crippen molar-refractivity contribution in [3.8, 4) is 0 Å². The lowest BCUT2D eigenvalue weighted by molar-refractivity contribution is -0.392. The van der Waals surface area contributed by atoms with E-state index < -0.39 is 41.8 Å². The molecule has 28 heavy (non-hydrogen) atoms. The minimum atomic E-state index is -2.94. The number of rotatable bonds is 4. The Labute approximate surface area is 165 Å². The summed E-state index contributed by atoms with van der Waals surface area (Å²) in [5.41, 5.74) is 0. The lowest BCUT2D eigenvalue weighted by Gasteiger charge is -2.73. The van der Waals surface area contributed by atoms with Crippen LogP contribution in [0.1, 0.15) is 6.92 Å². The Balaban J connectivity index is 1.63. The predicted octanol–water partition coefficient (Wildman–Crippen LogP) is -1.96. The first-order chi connectivity index (χ1) is 13.1. The van der Waals surface area contributed by atoms with E-state index in [0.29, 0.717) is 0 Å². The van der Waals surface area contributed by atoms with Gasteiger partial charge >= 0.3 is 26.2 Å². The average Bonchev–Trinajstić information content (AvgIpc) is 3.56. The average molecular weight is 449 g/mol. The molecule has 13 nitrogen and oxygen atoms in total. The minimum absolute atomic E-state index is 0.618. The van der Waals surface area contributed by atoms with Crippen molar-refractivity contribution in [3.05, 3.63) is 12.8 Å². The fraction of sp³-hybridized carbons (Fsp3) is 0.833. The summed E-state index contributed by atoms with van der Waals surface area (Å²) in [5, 5.41) is 2.95. The summed E-state index contributed by atoms with van der Waals surface area (Å²) in [6.45, 7) is 5.97. The van der Waals surface area contributed by atoms with Gasteiger partial charge in [-0.05, 0) is 6.92 Å². The van der Waals surface area contributed by atoms with Gasteiger partial charge in [-0.3, -0.25) is 27.2 Å². The van der Waals surface area contributed by atoms with E-state index in [1.807, 2.05) is 61.9 Å². The molecule has 6 heterocycles. The molecule has 0 aromatic rings. The van der Waals surface area contributed by atoms with Gasteiger partial charge in [-0.15, -0.1) is 0 Å². The summed E-state index contributed by atoms with van der Waals surface area (Å²) in [5.74, 6) is 0. The molecule has 0 saturated carbocycles. The highest BCUT2D eigenvalue weighted by atomic mass is 28.4. The number of ether oxygens (including phenoxy) is 1. The molecule has 0 amide bonds. The molecule has 0 N–H and O–H groups in total. The molecule has 16 heteroatoms. The van der Waals surface area contributed by atoms with Gasteiger partial charge in [0.25, 0.3) is 5.35 Å². The number of likely N-dealkylation sites (N-methyl/N-ethyl adjacent to an activating group) is 3. The summed E-state index contributed by atoms with van der Waals surface area (Å²) in [6, 6.07) is 0. The lowest BCUT2D eigenvalue weighted by atomic mass is 10.0. The van der Waals surface area contributed by atoms with E-state index in [9.17, 15) is 0 Å². The first-order valence-electron chi connectivity index (χ1n) is 8.94. The molecule has 0 aliphatic carbocycles. The van der Waals surface area contributed by atoms with Crippen molar-refractivity contribution >= 4 is 26.2 Å². The van der Waals surface area contributed by atoms with Gasteiger partial charge in [0.1, 0.15) is 5.16 Å². The van der Waals surface area contributed by atoms with Crippen LogP contribution in [0.3, 0.4) is 0 Å². The van der Waals surface area contributed by atoms with Crippen molar-refractivity contribution in [1.82, 2.24) is 29.4 Å². The van der Waals surface area contributed by atoms with Crippen molar-refractivity contribution in [1.29, 1.82) is 0 Å². The second kappa shape index (κ2) is 4.64. The summed E-state index contributed by atoms with van der Waals surface area (Å²) in [4.78, 5) is 0. The molecule has 9 unspecified atom stereocenters. The van der Waals surface area contributed by atoms with E-state index in [0.717, 1.165) is 0 Å². The van der Waals surface area contributed by atoms with Gasteiger partial charge in [-0.2, -0.15) is 29.4 Å². The third-order valence-corrected chi connectivity index (χ3v) is 18.7. The molecule has 3 spiro atoms. The van der Waals surface area contributed by atoms with E-state index in [1.165, 1.54) is 6.26 Å². The summed E-state index contributed by atoms with van der Waals surface area (Å²) >= 11 is 0. The molecule has 6 saturated heterocycles. The largest absolute Gasteiger partial charge is 0.550 e. The summed E-state index contributed by atoms with van der Waals surface area (Å²) in [6.07, 6.45) is 1.44. The maximum absolute atomic E-state index is 6.39. The van der Waals surface area contributed by atoms with Gasteiger partial charge in [0.2, 0.25) is 0 Å². The topological polar surface area (TPSA) is 93.3 Å². The first kappa shape index (κ1) is 18.5. The molecule has 0 radical (unpaired) electrons. The molecular formula is C12H24N6O7Si3. The molecule has 0 bridgehead atoms. The highest BCUT2D eigenvalue weighted by molar-refractivity contribution is 6.87. The standard InChI is InChI=1S/C12H24N6O7Si3/c1-9-19-12(15(5)22-28(12)18(8)25-28)11(14(4)21-27(11)17(7)24-27)10(2)13(3)20-26(10)16(6)23-26/h9H,1H2,2-8H3. The third kappa shape index (κ3) is 1.33. The maximum Gasteiger partial charge on any atom is 0.550 e. The van der Waals surface area contributed by atoms with Gasteiger partial charge in [-0.25, -0.2) is 0 Å². The Morgan fingerprint density at radius 3 is 1.54 bits per heavy atom. The molecule has 6 aliphatic heterocycles. The van der Waals surface area contributed by atoms with Gasteiger partial charge in [0, 0.05) is 42.3 Å². The van der Waals surface area contributed by atoms with Crippen LogP contribution < -0.4 is 0 Å². The van der Waals surface area contributed by atoms with Crippen molar-refractivity contribution in [2.75, 3.05) is 42.3 Å². The zero-order chi connectivity index (χ0) is 20.1. The van der Waals surface area contributed by atoms with Gasteiger partial charge < -0.3 is 4.74 Å². The Kier molecular flexibility index (Phi) is 3.06. The number of hydrogen-bond acceptors (Lipinski definition) is 13. The Bertz CT molecular complexity index is 818. The predicted molar refractivity (Wildman–Crippen MR) is 95.5 cm³/mol. The molecule has 156 valence electrons. The van der Waals surface area contributed by atoms with Crippen LogP contribution in [0.15, 0.2) is 12.8 Å². The number of nitrogens with zero attached hydrogens (tertiary/aromatic N) is 6. The number of hydrogen-bond donors (Lipinski definition) is 0. The Hall–Kier alpha value is -0.289. The zero-order valence-corrected chi connectivity index (χ0v) is 19.8. The second-order valence-corrected chi connectivity index (χ2v) is 16.8. The van der Waals surface area contributed by atoms with Gasteiger partial charge in [-0.1, -0.05) is 6.58 Å². The fourth-order valence-corrected chi connectivity index (χ4v) is 18.2. The van der Waals surface area contributed by atoms with Gasteiger partial charge in [0.15, 0.2) is 5.16 Å². The molecular weight excluding hydrogens is 424 g/mol. The van der Waals surface area contributed by atoms with E-state index in [-0.39, 0.29) is 0 Å². The van der Waals surface area contributed by atoms with Crippen LogP contribution in [0.2, 0.25) is 0 Å². The first-order valence-corrected chi connectivity index (χ1v) is 14.2. The molecule has 0 aromatic heterocycles. The van der Waals surface area contributed by atoms with Crippen LogP contribution in [0.25, 0.3) is 0 Å². The number of hydroxylamine groups is 9. The smallest absolute Gasteiger partial charge is 0.472 e. The van der Waals surface area contributed by atoms with Crippen LogP contribution in [0, 0.1) is 0 Å². The SMILES string of the molecule is C=COC1(C2(C3(C)N(C)O[Si]34ON4C)N(C)O[Si]23ON3C)N(C)O[Si]12ON2C. The summed E-state index contributed by atoms with van der Waals surface area (Å²) < 4.78 is 48.3. The van der Waals surface area contributed by atoms with Gasteiger partial charge in [0.05, 0.1) is 6.26 Å². The van der Waals surface area contributed by atoms with E-state index in [4.69, 9.17) is 31.9 Å². The van der Waals surface area contributed by atoms with Crippen molar-refractivity contribution in [3.63, 3.8) is 0 Å². The van der Waals surface area contributed by atoms with Crippen LogP contribution in [0.5, 0.6) is 0 Å². The fourth-order valence-electron chi connectivity index (χ4n) is 5.80. The van der Waals surface area contributed by atoms with Crippen LogP contribution in [-0.2, 0) is 31.9 Å². The van der Waals surface area contributed by atoms with Crippen LogP contribution >= 0.6 is 0 Å². The summed E-state index contributed by atoms with van der Waals surface area (Å²) in [7, 11) is 2.66. The minimum Gasteiger partial charge on any atom is -0.472 e. The van der Waals surface area contributed by atoms with E-state index >= 15 is 0 Å². The van der Waals surface area contributed by atoms with Crippen molar-refractivity contribution < 1.29 is 31.9 Å². The molecule has 6 aliphatic rings. The molecule has 6 fully saturated rings. The van der Waals surface area contributed by atoms with Crippen molar-refractivity contribution in [2.45, 2.75) is 22.6 Å². The Morgan fingerprint density at radius 2 is 1.18 bits per heavy atom. The van der Waals surface area contributed by atoms with Crippen LogP contribution in [0.4, 0.5) is 0 Å². The maximum atomic E-state index is 6.39.